The molecular weight excluding hydrogens is 520 g/mol. The summed E-state index contributed by atoms with van der Waals surface area (Å²) in [5, 5.41) is 22.3. The number of benzene rings is 2. The van der Waals surface area contributed by atoms with Gasteiger partial charge >= 0.3 is 0 Å². The van der Waals surface area contributed by atoms with E-state index in [0.717, 1.165) is 11.1 Å². The normalized spacial score (nSPS) is 12.7. The summed E-state index contributed by atoms with van der Waals surface area (Å²) in [6.07, 6.45) is 3.69. The van der Waals surface area contributed by atoms with Crippen molar-refractivity contribution in [2.75, 3.05) is 6.61 Å². The molecule has 0 fully saturated rings. The van der Waals surface area contributed by atoms with E-state index in [1.54, 1.807) is 79.1 Å². The van der Waals surface area contributed by atoms with Crippen molar-refractivity contribution in [3.05, 3.63) is 101 Å². The summed E-state index contributed by atoms with van der Waals surface area (Å²) in [6, 6.07) is 16.3. The van der Waals surface area contributed by atoms with Crippen molar-refractivity contribution in [1.82, 2.24) is 20.3 Å². The van der Waals surface area contributed by atoms with Gasteiger partial charge in [0, 0.05) is 24.5 Å². The molecule has 11 nitrogen and oxygen atoms in total. The van der Waals surface area contributed by atoms with Gasteiger partial charge in [-0.25, -0.2) is 13.1 Å². The Bertz CT molecular complexity index is 1350. The highest BCUT2D eigenvalue weighted by Gasteiger charge is 2.28. The Labute approximate surface area is 227 Å². The number of carbonyl (C=O) groups excluding carboxylic acids is 2. The molecular formula is C27H32N6O5S. The molecule has 0 radical (unpaired) electrons. The van der Waals surface area contributed by atoms with E-state index in [1.807, 2.05) is 0 Å². The topological polar surface area (TPSA) is 187 Å². The SMILES string of the molecule is N=C(N)c1ccc(CNC(=O)[C@H](CO)NC(=O)C(CCc2ccncc2)NS(=O)(=O)Cc2ccccc2)cc1. The Morgan fingerprint density at radius 2 is 1.56 bits per heavy atom. The lowest BCUT2D eigenvalue weighted by molar-refractivity contribution is -0.130. The van der Waals surface area contributed by atoms with Crippen LogP contribution >= 0.6 is 0 Å². The number of nitrogens with two attached hydrogens (primary N) is 1. The molecule has 0 saturated carbocycles. The van der Waals surface area contributed by atoms with Crippen LogP contribution in [0.2, 0.25) is 0 Å². The molecule has 0 saturated heterocycles. The van der Waals surface area contributed by atoms with Crippen molar-refractivity contribution in [2.45, 2.75) is 37.2 Å². The molecule has 2 atom stereocenters. The quantitative estimate of drug-likeness (QED) is 0.125. The minimum Gasteiger partial charge on any atom is -0.394 e. The van der Waals surface area contributed by atoms with Gasteiger partial charge in [-0.05, 0) is 41.7 Å². The fraction of sp³-hybridized carbons (Fsp3) is 0.259. The van der Waals surface area contributed by atoms with E-state index in [4.69, 9.17) is 11.1 Å². The van der Waals surface area contributed by atoms with Crippen LogP contribution in [-0.4, -0.2) is 54.8 Å². The molecule has 7 N–H and O–H groups in total. The minimum atomic E-state index is -3.91. The molecule has 1 aromatic heterocycles. The zero-order valence-corrected chi connectivity index (χ0v) is 22.0. The Morgan fingerprint density at radius 3 is 2.18 bits per heavy atom. The molecule has 0 aliphatic rings. The van der Waals surface area contributed by atoms with E-state index in [1.165, 1.54) is 0 Å². The van der Waals surface area contributed by atoms with Crippen molar-refractivity contribution in [3.63, 3.8) is 0 Å². The molecule has 2 aromatic carbocycles. The maximum Gasteiger partial charge on any atom is 0.245 e. The molecule has 39 heavy (non-hydrogen) atoms. The van der Waals surface area contributed by atoms with Crippen LogP contribution in [0.3, 0.4) is 0 Å². The van der Waals surface area contributed by atoms with Crippen molar-refractivity contribution in [1.29, 1.82) is 5.41 Å². The third kappa shape index (κ3) is 9.60. The monoisotopic (exact) mass is 552 g/mol. The maximum absolute atomic E-state index is 13.2. The molecule has 2 amide bonds. The van der Waals surface area contributed by atoms with Gasteiger partial charge in [-0.2, -0.15) is 0 Å². The predicted octanol–water partition coefficient (Wildman–Crippen LogP) is 0.580. The largest absolute Gasteiger partial charge is 0.394 e. The standard InChI is InChI=1S/C27H32N6O5S/c28-25(29)22-9-6-20(7-10-22)16-31-26(35)24(17-34)32-27(36)23(11-8-19-12-14-30-15-13-19)33-39(37,38)18-21-4-2-1-3-5-21/h1-7,9-10,12-15,23-24,33-34H,8,11,16-18H2,(H3,28,29)(H,31,35)(H,32,36)/t23?,24-/m0/s1. The molecule has 1 unspecified atom stereocenters. The highest BCUT2D eigenvalue weighted by molar-refractivity contribution is 7.88. The zero-order chi connectivity index (χ0) is 28.3. The third-order valence-electron chi connectivity index (χ3n) is 5.86. The second-order valence-corrected chi connectivity index (χ2v) is 10.6. The molecule has 1 heterocycles. The van der Waals surface area contributed by atoms with E-state index in [9.17, 15) is 23.1 Å². The lowest BCUT2D eigenvalue weighted by atomic mass is 10.1. The van der Waals surface area contributed by atoms with Crippen molar-refractivity contribution >= 4 is 27.7 Å². The lowest BCUT2D eigenvalue weighted by Crippen LogP contribution is -2.55. The summed E-state index contributed by atoms with van der Waals surface area (Å²) in [7, 11) is -3.91. The van der Waals surface area contributed by atoms with Gasteiger partial charge in [0.2, 0.25) is 21.8 Å². The average Bonchev–Trinajstić information content (AvgIpc) is 2.93. The third-order valence-corrected chi connectivity index (χ3v) is 7.21. The molecule has 206 valence electrons. The van der Waals surface area contributed by atoms with Gasteiger partial charge in [0.15, 0.2) is 0 Å². The smallest absolute Gasteiger partial charge is 0.245 e. The van der Waals surface area contributed by atoms with E-state index < -0.39 is 40.5 Å². The number of hydrogen-bond donors (Lipinski definition) is 6. The van der Waals surface area contributed by atoms with Crippen LogP contribution < -0.4 is 21.1 Å². The number of hydrogen-bond acceptors (Lipinski definition) is 7. The number of amidine groups is 1. The summed E-state index contributed by atoms with van der Waals surface area (Å²) in [4.78, 5) is 29.8. The van der Waals surface area contributed by atoms with Crippen LogP contribution in [0.25, 0.3) is 0 Å². The number of amides is 2. The first-order valence-corrected chi connectivity index (χ1v) is 13.9. The molecule has 0 spiro atoms. The molecule has 3 rings (SSSR count). The van der Waals surface area contributed by atoms with Crippen LogP contribution in [-0.2, 0) is 38.3 Å². The van der Waals surface area contributed by atoms with Crippen LogP contribution in [0.4, 0.5) is 0 Å². The number of sulfonamides is 1. The number of aliphatic hydroxyl groups is 1. The minimum absolute atomic E-state index is 0.0773. The van der Waals surface area contributed by atoms with Crippen LogP contribution in [0.5, 0.6) is 0 Å². The van der Waals surface area contributed by atoms with E-state index in [-0.39, 0.29) is 24.6 Å². The van der Waals surface area contributed by atoms with Crippen molar-refractivity contribution < 1.29 is 23.1 Å². The number of carbonyl (C=O) groups is 2. The number of nitrogens with zero attached hydrogens (tertiary/aromatic N) is 1. The Balaban J connectivity index is 1.66. The lowest BCUT2D eigenvalue weighted by Gasteiger charge is -2.22. The predicted molar refractivity (Wildman–Crippen MR) is 147 cm³/mol. The van der Waals surface area contributed by atoms with Gasteiger partial charge in [-0.1, -0.05) is 54.6 Å². The number of rotatable bonds is 14. The number of aryl methyl sites for hydroxylation is 1. The first-order chi connectivity index (χ1) is 18.7. The summed E-state index contributed by atoms with van der Waals surface area (Å²) < 4.78 is 28.2. The van der Waals surface area contributed by atoms with E-state index in [2.05, 4.69) is 20.3 Å². The molecule has 0 bridgehead atoms. The number of nitrogens with one attached hydrogen (secondary N) is 4. The van der Waals surface area contributed by atoms with Gasteiger partial charge in [0.25, 0.3) is 0 Å². The summed E-state index contributed by atoms with van der Waals surface area (Å²) in [5.74, 6) is -1.77. The average molecular weight is 553 g/mol. The van der Waals surface area contributed by atoms with Crippen LogP contribution in [0, 0.1) is 5.41 Å². The Kier molecular flexibility index (Phi) is 10.7. The van der Waals surface area contributed by atoms with Gasteiger partial charge < -0.3 is 21.5 Å². The first-order valence-electron chi connectivity index (χ1n) is 12.2. The number of pyridine rings is 1. The number of aromatic nitrogens is 1. The molecule has 3 aromatic rings. The van der Waals surface area contributed by atoms with Gasteiger partial charge in [0.05, 0.1) is 12.4 Å². The molecule has 0 aliphatic heterocycles. The van der Waals surface area contributed by atoms with Crippen LogP contribution in [0.15, 0.2) is 79.1 Å². The van der Waals surface area contributed by atoms with Crippen molar-refractivity contribution in [3.8, 4) is 0 Å². The van der Waals surface area contributed by atoms with E-state index >= 15 is 0 Å². The summed E-state index contributed by atoms with van der Waals surface area (Å²) in [5.41, 5.74) is 8.12. The second kappa shape index (κ2) is 14.1. The molecule has 12 heteroatoms. The van der Waals surface area contributed by atoms with E-state index in [0.29, 0.717) is 17.5 Å². The maximum atomic E-state index is 13.2. The second-order valence-electron chi connectivity index (χ2n) is 8.88. The molecule has 0 aliphatic carbocycles. The fourth-order valence-electron chi connectivity index (χ4n) is 3.74. The highest BCUT2D eigenvalue weighted by Crippen LogP contribution is 2.10. The van der Waals surface area contributed by atoms with Gasteiger partial charge in [0.1, 0.15) is 17.9 Å². The Morgan fingerprint density at radius 1 is 0.897 bits per heavy atom. The number of aliphatic hydroxyl groups excluding tert-OH is 1. The summed E-state index contributed by atoms with van der Waals surface area (Å²) >= 11 is 0. The number of nitrogen functional groups attached to an aromatic ring is 1. The van der Waals surface area contributed by atoms with Crippen LogP contribution in [0.1, 0.15) is 28.7 Å². The first kappa shape index (κ1) is 29.4. The summed E-state index contributed by atoms with van der Waals surface area (Å²) in [6.45, 7) is -0.576. The van der Waals surface area contributed by atoms with Gasteiger partial charge in [-0.3, -0.25) is 20.0 Å². The van der Waals surface area contributed by atoms with Crippen molar-refractivity contribution in [2.24, 2.45) is 5.73 Å². The van der Waals surface area contributed by atoms with Gasteiger partial charge in [-0.15, -0.1) is 0 Å². The fourth-order valence-corrected chi connectivity index (χ4v) is 5.11. The Hall–Kier alpha value is -4.13. The highest BCUT2D eigenvalue weighted by atomic mass is 32.2. The zero-order valence-electron chi connectivity index (χ0n) is 21.2.